The first-order chi connectivity index (χ1) is 9.45. The van der Waals surface area contributed by atoms with Crippen molar-refractivity contribution in [3.63, 3.8) is 0 Å². The molecule has 2 aliphatic rings. The zero-order valence-corrected chi connectivity index (χ0v) is 12.7. The lowest BCUT2D eigenvalue weighted by Crippen LogP contribution is -2.69. The van der Waals surface area contributed by atoms with E-state index in [1.165, 1.54) is 11.3 Å². The van der Waals surface area contributed by atoms with Crippen molar-refractivity contribution in [2.45, 2.75) is 51.2 Å². The number of aromatic nitrogens is 1. The van der Waals surface area contributed by atoms with Crippen LogP contribution in [0.3, 0.4) is 0 Å². The molecule has 1 saturated heterocycles. The van der Waals surface area contributed by atoms with Crippen molar-refractivity contribution in [3.05, 3.63) is 16.6 Å². The van der Waals surface area contributed by atoms with E-state index in [-0.39, 0.29) is 23.8 Å². The second-order valence-electron chi connectivity index (χ2n) is 5.90. The van der Waals surface area contributed by atoms with Crippen molar-refractivity contribution < 1.29 is 9.59 Å². The highest BCUT2D eigenvalue weighted by atomic mass is 32.1. The largest absolute Gasteiger partial charge is 0.340 e. The summed E-state index contributed by atoms with van der Waals surface area (Å²) in [6.45, 7) is 5.58. The van der Waals surface area contributed by atoms with E-state index >= 15 is 0 Å². The summed E-state index contributed by atoms with van der Waals surface area (Å²) in [6, 6.07) is -0.616. The van der Waals surface area contributed by atoms with Crippen molar-refractivity contribution in [1.82, 2.24) is 15.2 Å². The van der Waals surface area contributed by atoms with E-state index in [2.05, 4.69) is 10.3 Å². The molecule has 1 N–H and O–H groups in total. The van der Waals surface area contributed by atoms with Crippen LogP contribution in [0.5, 0.6) is 0 Å². The molecule has 20 heavy (non-hydrogen) atoms. The highest BCUT2D eigenvalue weighted by molar-refractivity contribution is 7.09. The van der Waals surface area contributed by atoms with Gasteiger partial charge in [-0.1, -0.05) is 0 Å². The molecule has 0 bridgehead atoms. The van der Waals surface area contributed by atoms with Gasteiger partial charge < -0.3 is 10.2 Å². The Hall–Kier alpha value is -1.43. The molecule has 0 radical (unpaired) electrons. The van der Waals surface area contributed by atoms with E-state index in [0.717, 1.165) is 17.8 Å². The minimum absolute atomic E-state index is 0.0230. The van der Waals surface area contributed by atoms with Gasteiger partial charge in [-0.15, -0.1) is 11.3 Å². The summed E-state index contributed by atoms with van der Waals surface area (Å²) in [6.07, 6.45) is 3.75. The molecule has 1 aliphatic carbocycles. The molecule has 1 aromatic rings. The first-order valence-corrected chi connectivity index (χ1v) is 7.87. The minimum Gasteiger partial charge on any atom is -0.340 e. The van der Waals surface area contributed by atoms with Gasteiger partial charge in [0.2, 0.25) is 11.8 Å². The first-order valence-electron chi connectivity index (χ1n) is 6.99. The number of piperazine rings is 1. The van der Waals surface area contributed by atoms with Crippen LogP contribution in [0.4, 0.5) is 0 Å². The van der Waals surface area contributed by atoms with Crippen molar-refractivity contribution in [3.8, 4) is 0 Å². The van der Waals surface area contributed by atoms with Gasteiger partial charge in [0.25, 0.3) is 0 Å². The van der Waals surface area contributed by atoms with E-state index in [1.807, 2.05) is 19.2 Å². The molecule has 3 atom stereocenters. The number of thiazole rings is 1. The molecule has 3 unspecified atom stereocenters. The molecule has 1 aromatic heterocycles. The normalized spacial score (nSPS) is 32.1. The highest BCUT2D eigenvalue weighted by Crippen LogP contribution is 2.43. The summed E-state index contributed by atoms with van der Waals surface area (Å²) < 4.78 is 0. The summed E-state index contributed by atoms with van der Waals surface area (Å²) in [5.74, 6) is 0.231. The fourth-order valence-electron chi connectivity index (χ4n) is 2.99. The van der Waals surface area contributed by atoms with Crippen LogP contribution in [0.1, 0.15) is 44.7 Å². The van der Waals surface area contributed by atoms with E-state index in [0.29, 0.717) is 0 Å². The van der Waals surface area contributed by atoms with E-state index < -0.39 is 11.6 Å². The summed E-state index contributed by atoms with van der Waals surface area (Å²) >= 11 is 1.52. The maximum Gasteiger partial charge on any atom is 0.249 e. The Balaban J connectivity index is 1.94. The van der Waals surface area contributed by atoms with Crippen molar-refractivity contribution >= 4 is 23.2 Å². The third kappa shape index (κ3) is 1.93. The predicted octanol–water partition coefficient (Wildman–Crippen LogP) is 1.72. The Morgan fingerprint density at radius 2 is 2.20 bits per heavy atom. The summed E-state index contributed by atoms with van der Waals surface area (Å²) in [7, 11) is 0. The van der Waals surface area contributed by atoms with Crippen LogP contribution in [-0.2, 0) is 9.59 Å². The highest BCUT2D eigenvalue weighted by Gasteiger charge is 2.55. The molecule has 1 saturated carbocycles. The van der Waals surface area contributed by atoms with Crippen molar-refractivity contribution in [1.29, 1.82) is 0 Å². The van der Waals surface area contributed by atoms with Gasteiger partial charge in [0.15, 0.2) is 0 Å². The van der Waals surface area contributed by atoms with E-state index in [1.54, 1.807) is 18.0 Å². The average molecular weight is 293 g/mol. The number of nitrogens with one attached hydrogen (secondary N) is 1. The number of hydrogen-bond acceptors (Lipinski definition) is 4. The Morgan fingerprint density at radius 1 is 1.50 bits per heavy atom. The Kier molecular flexibility index (Phi) is 3.08. The fourth-order valence-corrected chi connectivity index (χ4v) is 3.69. The molecule has 0 spiro atoms. The van der Waals surface area contributed by atoms with Gasteiger partial charge in [-0.2, -0.15) is 0 Å². The topological polar surface area (TPSA) is 62.3 Å². The van der Waals surface area contributed by atoms with Gasteiger partial charge in [0.05, 0.1) is 6.04 Å². The Labute approximate surface area is 122 Å². The SMILES string of the molecule is CC1C(=O)NC(C)(C2CC2)C(=O)N1C(C)c1nccs1. The van der Waals surface area contributed by atoms with Crippen LogP contribution in [0.15, 0.2) is 11.6 Å². The van der Waals surface area contributed by atoms with Crippen molar-refractivity contribution in [2.24, 2.45) is 5.92 Å². The third-order valence-corrected chi connectivity index (χ3v) is 5.42. The van der Waals surface area contributed by atoms with Crippen LogP contribution >= 0.6 is 11.3 Å². The molecule has 2 fully saturated rings. The Morgan fingerprint density at radius 3 is 2.75 bits per heavy atom. The number of nitrogens with zero attached hydrogens (tertiary/aromatic N) is 2. The molecule has 2 heterocycles. The first kappa shape index (κ1) is 13.5. The van der Waals surface area contributed by atoms with Crippen LogP contribution in [0, 0.1) is 5.92 Å². The number of carbonyl (C=O) groups is 2. The minimum atomic E-state index is -0.741. The molecular formula is C14H19N3O2S. The molecule has 3 rings (SSSR count). The molecule has 6 heteroatoms. The maximum absolute atomic E-state index is 12.9. The standard InChI is InChI=1S/C14H19N3O2S/c1-8-11(18)16-14(3,10-4-5-10)13(19)17(8)9(2)12-15-6-7-20-12/h6-10H,4-5H2,1-3H3,(H,16,18). The quantitative estimate of drug-likeness (QED) is 0.923. The van der Waals surface area contributed by atoms with Gasteiger partial charge in [-0.3, -0.25) is 9.59 Å². The smallest absolute Gasteiger partial charge is 0.249 e. The van der Waals surface area contributed by atoms with Crippen LogP contribution in [0.25, 0.3) is 0 Å². The van der Waals surface area contributed by atoms with Gasteiger partial charge in [0.1, 0.15) is 16.6 Å². The van der Waals surface area contributed by atoms with Crippen LogP contribution in [-0.4, -0.2) is 33.3 Å². The van der Waals surface area contributed by atoms with Gasteiger partial charge in [-0.25, -0.2) is 4.98 Å². The average Bonchev–Trinajstić information content (AvgIpc) is 3.13. The second-order valence-corrected chi connectivity index (χ2v) is 6.83. The zero-order valence-electron chi connectivity index (χ0n) is 11.9. The monoisotopic (exact) mass is 293 g/mol. The van der Waals surface area contributed by atoms with E-state index in [9.17, 15) is 9.59 Å². The fraction of sp³-hybridized carbons (Fsp3) is 0.643. The second kappa shape index (κ2) is 4.55. The summed E-state index contributed by atoms with van der Waals surface area (Å²) in [5.41, 5.74) is -0.741. The Bertz CT molecular complexity index is 541. The summed E-state index contributed by atoms with van der Waals surface area (Å²) in [4.78, 5) is 31.2. The lowest BCUT2D eigenvalue weighted by Gasteiger charge is -2.45. The molecular weight excluding hydrogens is 274 g/mol. The lowest BCUT2D eigenvalue weighted by atomic mass is 9.89. The molecule has 5 nitrogen and oxygen atoms in total. The van der Waals surface area contributed by atoms with E-state index in [4.69, 9.17) is 0 Å². The number of rotatable bonds is 3. The molecule has 0 aromatic carbocycles. The summed E-state index contributed by atoms with van der Waals surface area (Å²) in [5, 5.41) is 5.70. The van der Waals surface area contributed by atoms with Gasteiger partial charge >= 0.3 is 0 Å². The number of carbonyl (C=O) groups excluding carboxylic acids is 2. The zero-order chi connectivity index (χ0) is 14.5. The number of hydrogen-bond donors (Lipinski definition) is 1. The van der Waals surface area contributed by atoms with Gasteiger partial charge in [-0.05, 0) is 39.5 Å². The number of amides is 2. The van der Waals surface area contributed by atoms with Crippen LogP contribution in [0.2, 0.25) is 0 Å². The maximum atomic E-state index is 12.9. The molecule has 1 aliphatic heterocycles. The third-order valence-electron chi connectivity index (χ3n) is 4.48. The molecule has 108 valence electrons. The van der Waals surface area contributed by atoms with Gasteiger partial charge in [0, 0.05) is 11.6 Å². The van der Waals surface area contributed by atoms with Crippen molar-refractivity contribution in [2.75, 3.05) is 0 Å². The van der Waals surface area contributed by atoms with Crippen LogP contribution < -0.4 is 5.32 Å². The molecule has 2 amide bonds. The predicted molar refractivity (Wildman–Crippen MR) is 76.1 cm³/mol. The lowest BCUT2D eigenvalue weighted by molar-refractivity contribution is -0.157.